The topological polar surface area (TPSA) is 48.5 Å². The third kappa shape index (κ3) is 4.62. The number of hydrogen-bond acceptors (Lipinski definition) is 5. The molecule has 0 aliphatic carbocycles. The molecular formula is C22H22Cl2N4OS. The van der Waals surface area contributed by atoms with Gasteiger partial charge in [-0.25, -0.2) is 4.98 Å². The van der Waals surface area contributed by atoms with Crippen molar-refractivity contribution >= 4 is 51.8 Å². The number of carbonyl (C=O) groups excluding carboxylic acids is 1. The van der Waals surface area contributed by atoms with Crippen LogP contribution in [-0.4, -0.2) is 49.0 Å². The SMILES string of the molecule is CN(C)C1CCN(c2ccc(NC(=O)c3csc(-c4ccc(Cl)c(Cl)c4)n3)cc2)C1. The van der Waals surface area contributed by atoms with Crippen molar-refractivity contribution in [3.8, 4) is 10.6 Å². The number of thiazole rings is 1. The number of anilines is 2. The van der Waals surface area contributed by atoms with Gasteiger partial charge in [-0.2, -0.15) is 0 Å². The van der Waals surface area contributed by atoms with Crippen LogP contribution in [0.15, 0.2) is 47.8 Å². The van der Waals surface area contributed by atoms with Crippen molar-refractivity contribution in [1.82, 2.24) is 9.88 Å². The Kier molecular flexibility index (Phi) is 6.29. The molecule has 2 heterocycles. The molecule has 30 heavy (non-hydrogen) atoms. The molecule has 1 aromatic heterocycles. The van der Waals surface area contributed by atoms with E-state index in [4.69, 9.17) is 23.2 Å². The van der Waals surface area contributed by atoms with Gasteiger partial charge >= 0.3 is 0 Å². The second-order valence-electron chi connectivity index (χ2n) is 7.52. The van der Waals surface area contributed by atoms with Crippen LogP contribution < -0.4 is 10.2 Å². The van der Waals surface area contributed by atoms with E-state index in [9.17, 15) is 4.79 Å². The summed E-state index contributed by atoms with van der Waals surface area (Å²) >= 11 is 13.4. The van der Waals surface area contributed by atoms with Gasteiger partial charge in [0.15, 0.2) is 0 Å². The molecule has 1 aliphatic rings. The lowest BCUT2D eigenvalue weighted by Gasteiger charge is -2.22. The lowest BCUT2D eigenvalue weighted by Crippen LogP contribution is -2.31. The molecular weight excluding hydrogens is 439 g/mol. The van der Waals surface area contributed by atoms with Crippen molar-refractivity contribution < 1.29 is 4.79 Å². The molecule has 3 aromatic rings. The number of hydrogen-bond donors (Lipinski definition) is 1. The van der Waals surface area contributed by atoms with Crippen LogP contribution >= 0.6 is 34.5 Å². The van der Waals surface area contributed by atoms with Crippen LogP contribution in [0.25, 0.3) is 10.6 Å². The van der Waals surface area contributed by atoms with Crippen LogP contribution in [0.5, 0.6) is 0 Å². The van der Waals surface area contributed by atoms with Gasteiger partial charge in [0.25, 0.3) is 5.91 Å². The number of halogens is 2. The molecule has 1 aliphatic heterocycles. The monoisotopic (exact) mass is 460 g/mol. The first-order chi connectivity index (χ1) is 14.4. The molecule has 1 unspecified atom stereocenters. The first-order valence-corrected chi connectivity index (χ1v) is 11.3. The summed E-state index contributed by atoms with van der Waals surface area (Å²) in [6.45, 7) is 2.07. The summed E-state index contributed by atoms with van der Waals surface area (Å²) in [5.41, 5.74) is 3.13. The minimum absolute atomic E-state index is 0.237. The minimum atomic E-state index is -0.237. The molecule has 1 fully saturated rings. The van der Waals surface area contributed by atoms with Crippen LogP contribution in [0.3, 0.4) is 0 Å². The highest BCUT2D eigenvalue weighted by Gasteiger charge is 2.24. The van der Waals surface area contributed by atoms with Crippen molar-refractivity contribution in [2.45, 2.75) is 12.5 Å². The van der Waals surface area contributed by atoms with Crippen LogP contribution in [0, 0.1) is 0 Å². The molecule has 0 bridgehead atoms. The maximum absolute atomic E-state index is 12.6. The van der Waals surface area contributed by atoms with E-state index in [1.54, 1.807) is 17.5 Å². The van der Waals surface area contributed by atoms with Crippen molar-refractivity contribution in [2.24, 2.45) is 0 Å². The van der Waals surface area contributed by atoms with Gasteiger partial charge in [0.05, 0.1) is 10.0 Å². The summed E-state index contributed by atoms with van der Waals surface area (Å²) in [5, 5.41) is 6.34. The Balaban J connectivity index is 1.41. The highest BCUT2D eigenvalue weighted by Crippen LogP contribution is 2.30. The maximum atomic E-state index is 12.6. The standard InChI is InChI=1S/C22H22Cl2N4OS/c1-27(2)17-9-10-28(12-17)16-6-4-15(5-7-16)25-21(29)20-13-30-22(26-20)14-3-8-18(23)19(24)11-14/h3-8,11,13,17H,9-10,12H2,1-2H3,(H,25,29). The number of nitrogens with zero attached hydrogens (tertiary/aromatic N) is 3. The number of likely N-dealkylation sites (N-methyl/N-ethyl adjacent to an activating group) is 1. The fourth-order valence-corrected chi connectivity index (χ4v) is 4.58. The maximum Gasteiger partial charge on any atom is 0.275 e. The molecule has 0 spiro atoms. The highest BCUT2D eigenvalue weighted by molar-refractivity contribution is 7.13. The highest BCUT2D eigenvalue weighted by atomic mass is 35.5. The molecule has 8 heteroatoms. The lowest BCUT2D eigenvalue weighted by atomic mass is 10.2. The molecule has 5 nitrogen and oxygen atoms in total. The molecule has 0 radical (unpaired) electrons. The van der Waals surface area contributed by atoms with Crippen molar-refractivity contribution in [1.29, 1.82) is 0 Å². The van der Waals surface area contributed by atoms with Gasteiger partial charge in [0.1, 0.15) is 10.7 Å². The van der Waals surface area contributed by atoms with E-state index >= 15 is 0 Å². The predicted octanol–water partition coefficient (Wildman–Crippen LogP) is 5.51. The number of amides is 1. The third-order valence-electron chi connectivity index (χ3n) is 5.29. The van der Waals surface area contributed by atoms with E-state index in [-0.39, 0.29) is 5.91 Å². The van der Waals surface area contributed by atoms with Crippen LogP contribution in [0.1, 0.15) is 16.9 Å². The van der Waals surface area contributed by atoms with E-state index in [1.165, 1.54) is 17.0 Å². The van der Waals surface area contributed by atoms with E-state index < -0.39 is 0 Å². The first-order valence-electron chi connectivity index (χ1n) is 9.64. The Hall–Kier alpha value is -2.12. The van der Waals surface area contributed by atoms with Crippen molar-refractivity contribution in [2.75, 3.05) is 37.4 Å². The molecule has 2 aromatic carbocycles. The molecule has 4 rings (SSSR count). The Morgan fingerprint density at radius 1 is 1.17 bits per heavy atom. The smallest absolute Gasteiger partial charge is 0.275 e. The summed E-state index contributed by atoms with van der Waals surface area (Å²) < 4.78 is 0. The molecule has 0 saturated carbocycles. The predicted molar refractivity (Wildman–Crippen MR) is 126 cm³/mol. The Morgan fingerprint density at radius 3 is 2.60 bits per heavy atom. The van der Waals surface area contributed by atoms with Crippen molar-refractivity contribution in [3.05, 3.63) is 63.6 Å². The number of nitrogens with one attached hydrogen (secondary N) is 1. The number of carbonyl (C=O) groups is 1. The quantitative estimate of drug-likeness (QED) is 0.545. The molecule has 1 saturated heterocycles. The van der Waals surface area contributed by atoms with Gasteiger partial charge in [-0.05, 0) is 56.9 Å². The Morgan fingerprint density at radius 2 is 1.93 bits per heavy atom. The summed E-state index contributed by atoms with van der Waals surface area (Å²) in [7, 11) is 4.25. The number of aromatic nitrogens is 1. The normalized spacial score (nSPS) is 16.3. The summed E-state index contributed by atoms with van der Waals surface area (Å²) in [4.78, 5) is 21.7. The Labute approximate surface area is 190 Å². The first kappa shape index (κ1) is 21.1. The molecule has 156 valence electrons. The van der Waals surface area contributed by atoms with Crippen LogP contribution in [-0.2, 0) is 0 Å². The molecule has 1 atom stereocenters. The average molecular weight is 461 g/mol. The zero-order chi connectivity index (χ0) is 21.3. The average Bonchev–Trinajstić information content (AvgIpc) is 3.41. The Bertz CT molecular complexity index is 1050. The summed E-state index contributed by atoms with van der Waals surface area (Å²) in [6.07, 6.45) is 1.16. The van der Waals surface area contributed by atoms with Crippen LogP contribution in [0.2, 0.25) is 10.0 Å². The van der Waals surface area contributed by atoms with Crippen molar-refractivity contribution in [3.63, 3.8) is 0 Å². The minimum Gasteiger partial charge on any atom is -0.370 e. The zero-order valence-electron chi connectivity index (χ0n) is 16.7. The fourth-order valence-electron chi connectivity index (χ4n) is 3.49. The number of rotatable bonds is 5. The third-order valence-corrected chi connectivity index (χ3v) is 6.92. The fraction of sp³-hybridized carbons (Fsp3) is 0.273. The van der Waals surface area contributed by atoms with Gasteiger partial charge < -0.3 is 15.1 Å². The second-order valence-corrected chi connectivity index (χ2v) is 9.19. The summed E-state index contributed by atoms with van der Waals surface area (Å²) in [5.74, 6) is -0.237. The lowest BCUT2D eigenvalue weighted by molar-refractivity contribution is 0.102. The molecule has 1 N–H and O–H groups in total. The second kappa shape index (κ2) is 8.94. The van der Waals surface area contributed by atoms with Gasteiger partial charge in [0, 0.05) is 41.4 Å². The van der Waals surface area contributed by atoms with E-state index in [0.717, 1.165) is 35.8 Å². The van der Waals surface area contributed by atoms with Gasteiger partial charge in [-0.1, -0.05) is 29.3 Å². The number of benzene rings is 2. The van der Waals surface area contributed by atoms with Gasteiger partial charge in [-0.3, -0.25) is 4.79 Å². The van der Waals surface area contributed by atoms with E-state index in [2.05, 4.69) is 46.3 Å². The summed E-state index contributed by atoms with van der Waals surface area (Å²) in [6, 6.07) is 13.9. The molecule has 1 amide bonds. The van der Waals surface area contributed by atoms with Gasteiger partial charge in [0.2, 0.25) is 0 Å². The largest absolute Gasteiger partial charge is 0.370 e. The van der Waals surface area contributed by atoms with Crippen LogP contribution in [0.4, 0.5) is 11.4 Å². The van der Waals surface area contributed by atoms with E-state index in [1.807, 2.05) is 18.2 Å². The zero-order valence-corrected chi connectivity index (χ0v) is 19.1. The van der Waals surface area contributed by atoms with E-state index in [0.29, 0.717) is 21.8 Å². The van der Waals surface area contributed by atoms with Gasteiger partial charge in [-0.15, -0.1) is 11.3 Å².